The van der Waals surface area contributed by atoms with Crippen molar-refractivity contribution in [2.75, 3.05) is 0 Å². The summed E-state index contributed by atoms with van der Waals surface area (Å²) in [4.78, 5) is 13.8. The van der Waals surface area contributed by atoms with Crippen LogP contribution in [0.2, 0.25) is 0 Å². The number of aliphatic hydroxyl groups is 1. The van der Waals surface area contributed by atoms with Gasteiger partial charge >= 0.3 is 0 Å². The summed E-state index contributed by atoms with van der Waals surface area (Å²) in [5.74, 6) is -0.682. The number of hydrogen-bond acceptors (Lipinski definition) is 3. The van der Waals surface area contributed by atoms with Crippen molar-refractivity contribution in [2.24, 2.45) is 5.92 Å². The summed E-state index contributed by atoms with van der Waals surface area (Å²) >= 11 is 0. The molecule has 0 fully saturated rings. The highest BCUT2D eigenvalue weighted by Crippen LogP contribution is 2.43. The second kappa shape index (κ2) is 10.4. The van der Waals surface area contributed by atoms with Gasteiger partial charge in [-0.3, -0.25) is 4.79 Å². The fourth-order valence-electron chi connectivity index (χ4n) is 5.04. The van der Waals surface area contributed by atoms with E-state index in [4.69, 9.17) is 4.74 Å². The molecule has 2 aliphatic rings. The molecule has 2 aromatic carbocycles. The first-order valence-corrected chi connectivity index (χ1v) is 12.7. The fraction of sp³-hybridized carbons (Fsp3) is 0.387. The summed E-state index contributed by atoms with van der Waals surface area (Å²) in [6.45, 7) is 7.99. The van der Waals surface area contributed by atoms with Gasteiger partial charge in [0.25, 0.3) is 0 Å². The summed E-state index contributed by atoms with van der Waals surface area (Å²) in [5, 5.41) is 15.0. The maximum Gasteiger partial charge on any atom is 0.231 e. The zero-order valence-electron chi connectivity index (χ0n) is 21.6. The molecule has 0 saturated heterocycles. The molecule has 2 N–H and O–H groups in total. The summed E-state index contributed by atoms with van der Waals surface area (Å²) in [5.41, 5.74) is 1.56. The first kappa shape index (κ1) is 25.9. The topological polar surface area (TPSA) is 58.6 Å². The van der Waals surface area contributed by atoms with E-state index in [1.54, 1.807) is 18.2 Å². The van der Waals surface area contributed by atoms with Gasteiger partial charge in [0.2, 0.25) is 5.91 Å². The second-order valence-electron chi connectivity index (χ2n) is 10.8. The maximum atomic E-state index is 13.8. The average Bonchev–Trinajstić information content (AvgIpc) is 3.03. The lowest BCUT2D eigenvalue weighted by molar-refractivity contribution is -0.130. The lowest BCUT2D eigenvalue weighted by Gasteiger charge is -2.38. The summed E-state index contributed by atoms with van der Waals surface area (Å²) < 4.78 is 19.6. The van der Waals surface area contributed by atoms with Crippen molar-refractivity contribution in [3.05, 3.63) is 101 Å². The number of carbonyl (C=O) groups is 1. The normalized spacial score (nSPS) is 22.6. The SMILES string of the molecule is CC(Cc1cccc(OC(C)(C)C)c1)NC(=O)C1C2=C(C=CC1(O)c1ccc(F)cc1)CCCC=C2. The number of benzene rings is 2. The molecule has 0 radical (unpaired) electrons. The third kappa shape index (κ3) is 5.96. The minimum absolute atomic E-state index is 0.176. The van der Waals surface area contributed by atoms with Gasteiger partial charge in [-0.05, 0) is 106 Å². The van der Waals surface area contributed by atoms with E-state index in [1.165, 1.54) is 12.1 Å². The van der Waals surface area contributed by atoms with Crippen LogP contribution in [0.1, 0.15) is 58.1 Å². The van der Waals surface area contributed by atoms with Gasteiger partial charge in [-0.1, -0.05) is 42.5 Å². The van der Waals surface area contributed by atoms with Crippen LogP contribution < -0.4 is 10.1 Å². The molecule has 0 saturated carbocycles. The van der Waals surface area contributed by atoms with Crippen LogP contribution in [-0.2, 0) is 16.8 Å². The van der Waals surface area contributed by atoms with E-state index < -0.39 is 11.5 Å². The van der Waals surface area contributed by atoms with E-state index in [1.807, 2.05) is 64.1 Å². The van der Waals surface area contributed by atoms with E-state index in [-0.39, 0.29) is 23.4 Å². The molecule has 4 rings (SSSR count). The summed E-state index contributed by atoms with van der Waals surface area (Å²) in [6.07, 6.45) is 11.0. The van der Waals surface area contributed by atoms with Crippen molar-refractivity contribution >= 4 is 5.91 Å². The number of carbonyl (C=O) groups excluding carboxylic acids is 1. The molecule has 0 heterocycles. The van der Waals surface area contributed by atoms with Gasteiger partial charge in [-0.15, -0.1) is 0 Å². The predicted molar refractivity (Wildman–Crippen MR) is 141 cm³/mol. The van der Waals surface area contributed by atoms with Gasteiger partial charge in [-0.2, -0.15) is 0 Å². The lowest BCUT2D eigenvalue weighted by Crippen LogP contribution is -2.48. The Morgan fingerprint density at radius 1 is 1.19 bits per heavy atom. The van der Waals surface area contributed by atoms with Crippen LogP contribution in [0.4, 0.5) is 4.39 Å². The highest BCUT2D eigenvalue weighted by Gasteiger charge is 2.45. The van der Waals surface area contributed by atoms with Crippen LogP contribution in [0, 0.1) is 11.7 Å². The largest absolute Gasteiger partial charge is 0.488 e. The fourth-order valence-corrected chi connectivity index (χ4v) is 5.04. The predicted octanol–water partition coefficient (Wildman–Crippen LogP) is 6.16. The van der Waals surface area contributed by atoms with E-state index in [0.717, 1.165) is 41.7 Å². The number of nitrogens with one attached hydrogen (secondary N) is 1. The minimum Gasteiger partial charge on any atom is -0.488 e. The smallest absolute Gasteiger partial charge is 0.231 e. The van der Waals surface area contributed by atoms with Crippen LogP contribution in [0.25, 0.3) is 0 Å². The van der Waals surface area contributed by atoms with Crippen LogP contribution in [0.15, 0.2) is 84.0 Å². The third-order valence-corrected chi connectivity index (χ3v) is 6.60. The highest BCUT2D eigenvalue weighted by atomic mass is 19.1. The van der Waals surface area contributed by atoms with Crippen molar-refractivity contribution in [1.29, 1.82) is 0 Å². The Kier molecular flexibility index (Phi) is 7.51. The number of hydrogen-bond donors (Lipinski definition) is 2. The molecular formula is C31H36FNO3. The molecule has 3 atom stereocenters. The Morgan fingerprint density at radius 2 is 1.94 bits per heavy atom. The van der Waals surface area contributed by atoms with E-state index >= 15 is 0 Å². The molecule has 2 aromatic rings. The molecular weight excluding hydrogens is 453 g/mol. The summed E-state index contributed by atoms with van der Waals surface area (Å²) in [6, 6.07) is 13.5. The Morgan fingerprint density at radius 3 is 2.67 bits per heavy atom. The van der Waals surface area contributed by atoms with Gasteiger partial charge in [0.05, 0.1) is 5.92 Å². The quantitative estimate of drug-likeness (QED) is 0.511. The van der Waals surface area contributed by atoms with Crippen molar-refractivity contribution in [1.82, 2.24) is 5.32 Å². The number of halogens is 1. The maximum absolute atomic E-state index is 13.8. The molecule has 3 unspecified atom stereocenters. The van der Waals surface area contributed by atoms with Crippen molar-refractivity contribution < 1.29 is 19.0 Å². The number of allylic oxidation sites excluding steroid dienone is 4. The molecule has 0 aromatic heterocycles. The monoisotopic (exact) mass is 489 g/mol. The second-order valence-corrected chi connectivity index (χ2v) is 10.8. The van der Waals surface area contributed by atoms with Crippen molar-refractivity contribution in [2.45, 2.75) is 70.6 Å². The van der Waals surface area contributed by atoms with E-state index in [0.29, 0.717) is 12.0 Å². The lowest BCUT2D eigenvalue weighted by atomic mass is 9.71. The van der Waals surface area contributed by atoms with Crippen LogP contribution >= 0.6 is 0 Å². The first-order chi connectivity index (χ1) is 17.0. The Balaban J connectivity index is 1.59. The zero-order chi connectivity index (χ0) is 25.9. The van der Waals surface area contributed by atoms with Gasteiger partial charge < -0.3 is 15.2 Å². The molecule has 0 spiro atoms. The van der Waals surface area contributed by atoms with E-state index in [2.05, 4.69) is 11.4 Å². The minimum atomic E-state index is -1.58. The van der Waals surface area contributed by atoms with Gasteiger partial charge in [0.1, 0.15) is 22.8 Å². The number of amides is 1. The summed E-state index contributed by atoms with van der Waals surface area (Å²) in [7, 11) is 0. The average molecular weight is 490 g/mol. The number of rotatable bonds is 6. The number of ether oxygens (including phenoxy) is 1. The molecule has 0 bridgehead atoms. The molecule has 5 heteroatoms. The Labute approximate surface area is 213 Å². The zero-order valence-corrected chi connectivity index (χ0v) is 21.6. The molecule has 2 aliphatic carbocycles. The molecule has 4 nitrogen and oxygen atoms in total. The van der Waals surface area contributed by atoms with Gasteiger partial charge in [0.15, 0.2) is 0 Å². The van der Waals surface area contributed by atoms with E-state index in [9.17, 15) is 14.3 Å². The molecule has 0 aliphatic heterocycles. The van der Waals surface area contributed by atoms with Gasteiger partial charge in [-0.25, -0.2) is 4.39 Å². The molecule has 190 valence electrons. The molecule has 36 heavy (non-hydrogen) atoms. The van der Waals surface area contributed by atoms with Crippen molar-refractivity contribution in [3.63, 3.8) is 0 Å². The standard InChI is InChI=1S/C31H36FNO3/c1-21(19-22-9-8-11-26(20-22)36-30(2,3)4)33-29(34)28-27-12-7-5-6-10-23(27)17-18-31(28,35)24-13-15-25(32)16-14-24/h7-9,11-18,20-21,28,35H,5-6,10,19H2,1-4H3,(H,33,34). The third-order valence-electron chi connectivity index (χ3n) is 6.60. The van der Waals surface area contributed by atoms with Crippen LogP contribution in [-0.4, -0.2) is 22.7 Å². The van der Waals surface area contributed by atoms with Crippen LogP contribution in [0.5, 0.6) is 5.75 Å². The molecule has 1 amide bonds. The first-order valence-electron chi connectivity index (χ1n) is 12.7. The van der Waals surface area contributed by atoms with Crippen LogP contribution in [0.3, 0.4) is 0 Å². The Bertz CT molecular complexity index is 1190. The highest BCUT2D eigenvalue weighted by molar-refractivity contribution is 5.86. The Hall–Kier alpha value is -3.18. The van der Waals surface area contributed by atoms with Gasteiger partial charge in [0, 0.05) is 6.04 Å². The van der Waals surface area contributed by atoms with Crippen molar-refractivity contribution in [3.8, 4) is 5.75 Å².